The molecule has 0 aliphatic carbocycles. The lowest BCUT2D eigenvalue weighted by Gasteiger charge is -2.12. The van der Waals surface area contributed by atoms with Gasteiger partial charge in [-0.25, -0.2) is 4.98 Å². The highest BCUT2D eigenvalue weighted by Gasteiger charge is 2.14. The molecule has 4 nitrogen and oxygen atoms in total. The van der Waals surface area contributed by atoms with Crippen LogP contribution in [0.4, 0.5) is 5.82 Å². The molecule has 2 N–H and O–H groups in total. The van der Waals surface area contributed by atoms with Gasteiger partial charge in [-0.15, -0.1) is 0 Å². The number of hydrogen-bond donors (Lipinski definition) is 2. The van der Waals surface area contributed by atoms with Crippen LogP contribution in [0.3, 0.4) is 0 Å². The number of hydrogen-bond acceptors (Lipinski definition) is 4. The van der Waals surface area contributed by atoms with Crippen LogP contribution in [0.1, 0.15) is 6.42 Å². The first-order valence-corrected chi connectivity index (χ1v) is 6.74. The second-order valence-electron chi connectivity index (χ2n) is 4.99. The Labute approximate surface area is 113 Å². The van der Waals surface area contributed by atoms with Crippen LogP contribution in [0.2, 0.25) is 0 Å². The van der Waals surface area contributed by atoms with Gasteiger partial charge in [-0.3, -0.25) is 0 Å². The van der Waals surface area contributed by atoms with Gasteiger partial charge in [0.15, 0.2) is 0 Å². The topological polar surface area (TPSA) is 46.2 Å². The van der Waals surface area contributed by atoms with Crippen molar-refractivity contribution in [2.45, 2.75) is 6.42 Å². The van der Waals surface area contributed by atoms with E-state index in [4.69, 9.17) is 4.74 Å². The van der Waals surface area contributed by atoms with E-state index in [2.05, 4.69) is 21.7 Å². The number of fused-ring (bicyclic) bond motifs is 1. The van der Waals surface area contributed by atoms with Crippen LogP contribution in [0, 0.1) is 5.92 Å². The van der Waals surface area contributed by atoms with Crippen LogP contribution < -0.4 is 15.4 Å². The van der Waals surface area contributed by atoms with E-state index < -0.39 is 0 Å². The van der Waals surface area contributed by atoms with Gasteiger partial charge in [-0.1, -0.05) is 0 Å². The molecular weight excluding hydrogens is 238 g/mol. The molecule has 19 heavy (non-hydrogen) atoms. The van der Waals surface area contributed by atoms with E-state index in [1.54, 1.807) is 7.11 Å². The lowest BCUT2D eigenvalue weighted by atomic mass is 10.1. The third-order valence-electron chi connectivity index (χ3n) is 3.69. The zero-order valence-corrected chi connectivity index (χ0v) is 11.1. The number of anilines is 1. The minimum Gasteiger partial charge on any atom is -0.497 e. The maximum atomic E-state index is 5.25. The van der Waals surface area contributed by atoms with Crippen molar-refractivity contribution in [1.29, 1.82) is 0 Å². The summed E-state index contributed by atoms with van der Waals surface area (Å²) < 4.78 is 5.25. The van der Waals surface area contributed by atoms with Crippen molar-refractivity contribution in [2.24, 2.45) is 5.92 Å². The Kier molecular flexibility index (Phi) is 3.51. The molecular formula is C15H19N3O. The third-order valence-corrected chi connectivity index (χ3v) is 3.69. The summed E-state index contributed by atoms with van der Waals surface area (Å²) >= 11 is 0. The first-order chi connectivity index (χ1) is 9.36. The largest absolute Gasteiger partial charge is 0.497 e. The molecule has 1 atom stereocenters. The van der Waals surface area contributed by atoms with Gasteiger partial charge in [0.25, 0.3) is 0 Å². The Morgan fingerprint density at radius 1 is 1.42 bits per heavy atom. The summed E-state index contributed by atoms with van der Waals surface area (Å²) in [7, 11) is 1.69. The van der Waals surface area contributed by atoms with Gasteiger partial charge in [0, 0.05) is 18.1 Å². The molecule has 1 aromatic carbocycles. The van der Waals surface area contributed by atoms with Crippen molar-refractivity contribution in [3.63, 3.8) is 0 Å². The smallest absolute Gasteiger partial charge is 0.133 e. The third kappa shape index (κ3) is 2.63. The highest BCUT2D eigenvalue weighted by Crippen LogP contribution is 2.25. The summed E-state index contributed by atoms with van der Waals surface area (Å²) in [5.74, 6) is 2.55. The van der Waals surface area contributed by atoms with Crippen LogP contribution in [0.15, 0.2) is 30.5 Å². The molecule has 100 valence electrons. The van der Waals surface area contributed by atoms with Gasteiger partial charge in [0.2, 0.25) is 0 Å². The normalized spacial score (nSPS) is 18.7. The summed E-state index contributed by atoms with van der Waals surface area (Å²) in [6.45, 7) is 3.21. The Morgan fingerprint density at radius 3 is 3.16 bits per heavy atom. The minimum absolute atomic E-state index is 0.704. The number of nitrogens with one attached hydrogen (secondary N) is 2. The summed E-state index contributed by atoms with van der Waals surface area (Å²) in [6, 6.07) is 8.10. The Balaban J connectivity index is 1.82. The molecule has 4 heteroatoms. The Hall–Kier alpha value is -1.81. The lowest BCUT2D eigenvalue weighted by Crippen LogP contribution is -2.17. The molecule has 2 aromatic rings. The van der Waals surface area contributed by atoms with Crippen molar-refractivity contribution in [2.75, 3.05) is 32.1 Å². The van der Waals surface area contributed by atoms with Crippen molar-refractivity contribution >= 4 is 16.6 Å². The molecule has 0 amide bonds. The molecule has 1 unspecified atom stereocenters. The number of pyridine rings is 1. The molecule has 3 rings (SSSR count). The van der Waals surface area contributed by atoms with E-state index >= 15 is 0 Å². The highest BCUT2D eigenvalue weighted by molar-refractivity contribution is 5.92. The van der Waals surface area contributed by atoms with Gasteiger partial charge >= 0.3 is 0 Å². The number of methoxy groups -OCH3 is 1. The molecule has 0 spiro atoms. The van der Waals surface area contributed by atoms with Crippen LogP contribution in [0.25, 0.3) is 10.8 Å². The highest BCUT2D eigenvalue weighted by atomic mass is 16.5. The van der Waals surface area contributed by atoms with Gasteiger partial charge < -0.3 is 15.4 Å². The van der Waals surface area contributed by atoms with Gasteiger partial charge in [-0.05, 0) is 55.1 Å². The number of ether oxygens (including phenoxy) is 1. The molecule has 1 fully saturated rings. The molecule has 2 heterocycles. The number of nitrogens with zero attached hydrogens (tertiary/aromatic N) is 1. The van der Waals surface area contributed by atoms with Gasteiger partial charge in [-0.2, -0.15) is 0 Å². The quantitative estimate of drug-likeness (QED) is 0.882. The number of rotatable bonds is 4. The minimum atomic E-state index is 0.704. The molecule has 0 radical (unpaired) electrons. The van der Waals surface area contributed by atoms with Crippen molar-refractivity contribution in [1.82, 2.24) is 10.3 Å². The molecule has 1 aromatic heterocycles. The van der Waals surface area contributed by atoms with E-state index in [0.717, 1.165) is 42.0 Å². The van der Waals surface area contributed by atoms with Crippen LogP contribution >= 0.6 is 0 Å². The second kappa shape index (κ2) is 5.45. The zero-order valence-electron chi connectivity index (χ0n) is 11.1. The van der Waals surface area contributed by atoms with Gasteiger partial charge in [0.1, 0.15) is 11.6 Å². The fraction of sp³-hybridized carbons (Fsp3) is 0.400. The van der Waals surface area contributed by atoms with E-state index in [1.165, 1.54) is 6.42 Å². The Bertz CT molecular complexity index is 564. The average Bonchev–Trinajstić information content (AvgIpc) is 2.97. The van der Waals surface area contributed by atoms with Crippen molar-refractivity contribution in [3.8, 4) is 5.75 Å². The lowest BCUT2D eigenvalue weighted by molar-refractivity contribution is 0.415. The first-order valence-electron chi connectivity index (χ1n) is 6.74. The molecule has 0 saturated carbocycles. The first kappa shape index (κ1) is 12.2. The predicted octanol–water partition coefficient (Wildman–Crippen LogP) is 2.26. The molecule has 1 saturated heterocycles. The molecule has 1 aliphatic rings. The second-order valence-corrected chi connectivity index (χ2v) is 4.99. The van der Waals surface area contributed by atoms with Crippen LogP contribution in [-0.2, 0) is 0 Å². The fourth-order valence-corrected chi connectivity index (χ4v) is 2.55. The van der Waals surface area contributed by atoms with E-state index in [1.807, 2.05) is 24.4 Å². The van der Waals surface area contributed by atoms with Gasteiger partial charge in [0.05, 0.1) is 7.11 Å². The summed E-state index contributed by atoms with van der Waals surface area (Å²) in [5.41, 5.74) is 0. The fourth-order valence-electron chi connectivity index (χ4n) is 2.55. The van der Waals surface area contributed by atoms with E-state index in [9.17, 15) is 0 Å². The average molecular weight is 257 g/mol. The van der Waals surface area contributed by atoms with Crippen LogP contribution in [-0.4, -0.2) is 31.7 Å². The monoisotopic (exact) mass is 257 g/mol. The van der Waals surface area contributed by atoms with Crippen molar-refractivity contribution in [3.05, 3.63) is 30.5 Å². The Morgan fingerprint density at radius 2 is 2.37 bits per heavy atom. The van der Waals surface area contributed by atoms with E-state index in [0.29, 0.717) is 5.92 Å². The summed E-state index contributed by atoms with van der Waals surface area (Å²) in [4.78, 5) is 4.45. The zero-order chi connectivity index (χ0) is 13.1. The number of benzene rings is 1. The molecule has 0 bridgehead atoms. The summed E-state index contributed by atoms with van der Waals surface area (Å²) in [5, 5.41) is 9.16. The van der Waals surface area contributed by atoms with Crippen LogP contribution in [0.5, 0.6) is 5.75 Å². The standard InChI is InChI=1S/C15H19N3O/c1-19-13-2-3-14-12(8-13)5-7-17-15(14)18-10-11-4-6-16-9-11/h2-3,5,7-8,11,16H,4,6,9-10H2,1H3,(H,17,18). The SMILES string of the molecule is COc1ccc2c(NCC3CCNC3)nccc2c1. The number of aromatic nitrogens is 1. The maximum absolute atomic E-state index is 5.25. The van der Waals surface area contributed by atoms with Crippen molar-refractivity contribution < 1.29 is 4.74 Å². The molecule has 1 aliphatic heterocycles. The maximum Gasteiger partial charge on any atom is 0.133 e. The van der Waals surface area contributed by atoms with E-state index in [-0.39, 0.29) is 0 Å². The summed E-state index contributed by atoms with van der Waals surface area (Å²) in [6.07, 6.45) is 3.09. The predicted molar refractivity (Wildman–Crippen MR) is 77.8 cm³/mol.